The molecule has 1 aromatic carbocycles. The minimum Gasteiger partial charge on any atom is -0.478 e. The first-order valence-electron chi connectivity index (χ1n) is 11.4. The molecule has 0 saturated heterocycles. The van der Waals surface area contributed by atoms with E-state index in [1.807, 2.05) is 24.3 Å². The highest BCUT2D eigenvalue weighted by molar-refractivity contribution is 5.94. The number of aryl methyl sites for hydroxylation is 1. The molecule has 3 aromatic rings. The average Bonchev–Trinajstić information content (AvgIpc) is 3.21. The lowest BCUT2D eigenvalue weighted by molar-refractivity contribution is 0.0697. The first kappa shape index (κ1) is 21.2. The Bertz CT molecular complexity index is 1020. The summed E-state index contributed by atoms with van der Waals surface area (Å²) in [5, 5.41) is 14.3. The fourth-order valence-corrected chi connectivity index (χ4v) is 4.32. The van der Waals surface area contributed by atoms with Crippen LogP contribution in [0.4, 0.5) is 0 Å². The second-order valence-electron chi connectivity index (χ2n) is 8.38. The van der Waals surface area contributed by atoms with E-state index in [4.69, 9.17) is 10.1 Å². The summed E-state index contributed by atoms with van der Waals surface area (Å²) in [7, 11) is 0. The normalized spacial score (nSPS) is 14.6. The van der Waals surface area contributed by atoms with Gasteiger partial charge >= 0.3 is 5.97 Å². The summed E-state index contributed by atoms with van der Waals surface area (Å²) in [4.78, 5) is 20.7. The van der Waals surface area contributed by atoms with Gasteiger partial charge in [0.05, 0.1) is 17.8 Å². The van der Waals surface area contributed by atoms with Crippen molar-refractivity contribution in [1.82, 2.24) is 19.7 Å². The lowest BCUT2D eigenvalue weighted by Gasteiger charge is -2.18. The van der Waals surface area contributed by atoms with Crippen LogP contribution in [0.2, 0.25) is 0 Å². The van der Waals surface area contributed by atoms with Crippen molar-refractivity contribution in [3.8, 4) is 11.3 Å². The van der Waals surface area contributed by atoms with Crippen LogP contribution in [-0.2, 0) is 13.0 Å². The van der Waals surface area contributed by atoms with E-state index in [9.17, 15) is 9.90 Å². The number of aromatic carboxylic acids is 1. The number of unbranched alkanes of at least 4 members (excludes halogenated alkanes) is 1. The zero-order valence-corrected chi connectivity index (χ0v) is 18.1. The van der Waals surface area contributed by atoms with Crippen LogP contribution in [0.5, 0.6) is 0 Å². The van der Waals surface area contributed by atoms with Gasteiger partial charge in [-0.05, 0) is 37.0 Å². The highest BCUT2D eigenvalue weighted by atomic mass is 16.4. The molecule has 1 N–H and O–H groups in total. The maximum atomic E-state index is 11.5. The molecule has 6 nitrogen and oxygen atoms in total. The van der Waals surface area contributed by atoms with Gasteiger partial charge in [0.1, 0.15) is 5.82 Å². The van der Waals surface area contributed by atoms with E-state index in [0.717, 1.165) is 42.0 Å². The summed E-state index contributed by atoms with van der Waals surface area (Å²) >= 11 is 0. The lowest BCUT2D eigenvalue weighted by atomic mass is 9.89. The van der Waals surface area contributed by atoms with Crippen LogP contribution in [0.15, 0.2) is 42.6 Å². The highest BCUT2D eigenvalue weighted by Gasteiger charge is 2.21. The van der Waals surface area contributed by atoms with Crippen molar-refractivity contribution in [3.05, 3.63) is 65.4 Å². The number of carbonyl (C=O) groups is 1. The Morgan fingerprint density at radius 2 is 1.90 bits per heavy atom. The van der Waals surface area contributed by atoms with Gasteiger partial charge in [0.2, 0.25) is 0 Å². The van der Waals surface area contributed by atoms with Crippen molar-refractivity contribution in [3.63, 3.8) is 0 Å². The number of nitrogens with zero attached hydrogens (tertiary/aromatic N) is 4. The van der Waals surface area contributed by atoms with Crippen molar-refractivity contribution < 1.29 is 9.90 Å². The molecular formula is C25H30N4O2. The molecule has 1 aliphatic rings. The van der Waals surface area contributed by atoms with Gasteiger partial charge in [-0.2, -0.15) is 5.10 Å². The van der Waals surface area contributed by atoms with Crippen LogP contribution in [0, 0.1) is 0 Å². The van der Waals surface area contributed by atoms with Crippen LogP contribution >= 0.6 is 0 Å². The topological polar surface area (TPSA) is 80.9 Å². The SMILES string of the molecule is CCCCc1nc(C2CCCCC2)nn1Cc1ccc(-c2ncccc2C(=O)O)cc1. The first-order chi connectivity index (χ1) is 15.2. The fourth-order valence-electron chi connectivity index (χ4n) is 4.32. The zero-order valence-electron chi connectivity index (χ0n) is 18.1. The van der Waals surface area contributed by atoms with Crippen LogP contribution < -0.4 is 0 Å². The van der Waals surface area contributed by atoms with E-state index in [1.54, 1.807) is 18.3 Å². The molecule has 0 amide bonds. The third-order valence-corrected chi connectivity index (χ3v) is 6.09. The van der Waals surface area contributed by atoms with Gasteiger partial charge in [-0.15, -0.1) is 0 Å². The van der Waals surface area contributed by atoms with Crippen LogP contribution in [0.3, 0.4) is 0 Å². The molecule has 6 heteroatoms. The van der Waals surface area contributed by atoms with E-state index >= 15 is 0 Å². The quantitative estimate of drug-likeness (QED) is 0.524. The minimum atomic E-state index is -0.967. The van der Waals surface area contributed by atoms with Gasteiger partial charge in [-0.1, -0.05) is 56.9 Å². The molecular weight excluding hydrogens is 388 g/mol. The highest BCUT2D eigenvalue weighted by Crippen LogP contribution is 2.31. The van der Waals surface area contributed by atoms with E-state index in [-0.39, 0.29) is 5.56 Å². The molecule has 0 unspecified atom stereocenters. The molecule has 1 fully saturated rings. The predicted octanol–water partition coefficient (Wildman–Crippen LogP) is 5.48. The second-order valence-corrected chi connectivity index (χ2v) is 8.38. The Labute approximate surface area is 183 Å². The van der Waals surface area contributed by atoms with E-state index < -0.39 is 5.97 Å². The average molecular weight is 419 g/mol. The standard InChI is InChI=1S/C25H30N4O2/c1-2-3-11-22-27-24(20-8-5-4-6-9-20)28-29(22)17-18-12-14-19(15-13-18)23-21(25(30)31)10-7-16-26-23/h7,10,12-16,20H,2-6,8-9,11,17H2,1H3,(H,30,31). The molecule has 162 valence electrons. The van der Waals surface area contributed by atoms with Gasteiger partial charge in [-0.25, -0.2) is 14.5 Å². The van der Waals surface area contributed by atoms with Gasteiger partial charge < -0.3 is 5.11 Å². The number of hydrogen-bond donors (Lipinski definition) is 1. The number of pyridine rings is 1. The molecule has 0 bridgehead atoms. The largest absolute Gasteiger partial charge is 0.478 e. The maximum Gasteiger partial charge on any atom is 0.337 e. The summed E-state index contributed by atoms with van der Waals surface area (Å²) in [6.45, 7) is 2.87. The third kappa shape index (κ3) is 5.01. The summed E-state index contributed by atoms with van der Waals surface area (Å²) in [6.07, 6.45) is 11.1. The number of benzene rings is 1. The van der Waals surface area contributed by atoms with Crippen LogP contribution in [-0.4, -0.2) is 30.8 Å². The Morgan fingerprint density at radius 3 is 2.61 bits per heavy atom. The van der Waals surface area contributed by atoms with Crippen molar-refractivity contribution in [2.45, 2.75) is 70.8 Å². The summed E-state index contributed by atoms with van der Waals surface area (Å²) < 4.78 is 2.07. The Kier molecular flexibility index (Phi) is 6.75. The molecule has 0 atom stereocenters. The molecule has 1 aliphatic carbocycles. The minimum absolute atomic E-state index is 0.213. The van der Waals surface area contributed by atoms with Crippen molar-refractivity contribution in [2.75, 3.05) is 0 Å². The van der Waals surface area contributed by atoms with Crippen molar-refractivity contribution in [2.24, 2.45) is 0 Å². The molecule has 0 spiro atoms. The van der Waals surface area contributed by atoms with Crippen molar-refractivity contribution in [1.29, 1.82) is 0 Å². The number of carboxylic acid groups (broad SMARTS) is 1. The van der Waals surface area contributed by atoms with Gasteiger partial charge in [0.25, 0.3) is 0 Å². The second kappa shape index (κ2) is 9.86. The number of rotatable bonds is 8. The molecule has 0 aliphatic heterocycles. The monoisotopic (exact) mass is 418 g/mol. The molecule has 31 heavy (non-hydrogen) atoms. The number of hydrogen-bond acceptors (Lipinski definition) is 4. The molecule has 2 heterocycles. The zero-order chi connectivity index (χ0) is 21.6. The van der Waals surface area contributed by atoms with E-state index in [0.29, 0.717) is 18.2 Å². The Hall–Kier alpha value is -3.02. The smallest absolute Gasteiger partial charge is 0.337 e. The van der Waals surface area contributed by atoms with Gasteiger partial charge in [0, 0.05) is 24.1 Å². The maximum absolute atomic E-state index is 11.5. The van der Waals surface area contributed by atoms with E-state index in [2.05, 4.69) is 16.6 Å². The van der Waals surface area contributed by atoms with Crippen molar-refractivity contribution >= 4 is 5.97 Å². The van der Waals surface area contributed by atoms with Crippen LogP contribution in [0.1, 0.15) is 85.4 Å². The fraction of sp³-hybridized carbons (Fsp3) is 0.440. The first-order valence-corrected chi connectivity index (χ1v) is 11.4. The van der Waals surface area contributed by atoms with E-state index in [1.165, 1.54) is 32.1 Å². The number of carboxylic acids is 1. The molecule has 0 radical (unpaired) electrons. The van der Waals surface area contributed by atoms with Crippen LogP contribution in [0.25, 0.3) is 11.3 Å². The Morgan fingerprint density at radius 1 is 1.13 bits per heavy atom. The third-order valence-electron chi connectivity index (χ3n) is 6.09. The summed E-state index contributed by atoms with van der Waals surface area (Å²) in [6, 6.07) is 11.2. The number of aromatic nitrogens is 4. The lowest BCUT2D eigenvalue weighted by Crippen LogP contribution is -2.09. The Balaban J connectivity index is 1.56. The summed E-state index contributed by atoms with van der Waals surface area (Å²) in [5.74, 6) is 1.62. The summed E-state index contributed by atoms with van der Waals surface area (Å²) in [5.41, 5.74) is 2.62. The van der Waals surface area contributed by atoms with Gasteiger partial charge in [-0.3, -0.25) is 4.98 Å². The molecule has 1 saturated carbocycles. The van der Waals surface area contributed by atoms with Gasteiger partial charge in [0.15, 0.2) is 5.82 Å². The molecule has 2 aromatic heterocycles. The molecule has 4 rings (SSSR count). The predicted molar refractivity (Wildman–Crippen MR) is 120 cm³/mol.